The minimum absolute atomic E-state index is 0.239. The van der Waals surface area contributed by atoms with Crippen LogP contribution in [0.25, 0.3) is 11.1 Å². The Labute approximate surface area is 124 Å². The molecule has 0 fully saturated rings. The number of aliphatic hydroxyl groups is 1. The van der Waals surface area contributed by atoms with Gasteiger partial charge in [-0.15, -0.1) is 0 Å². The van der Waals surface area contributed by atoms with Crippen molar-refractivity contribution in [2.45, 2.75) is 39.7 Å². The van der Waals surface area contributed by atoms with Crippen LogP contribution in [0.2, 0.25) is 0 Å². The Morgan fingerprint density at radius 1 is 0.952 bits per heavy atom. The van der Waals surface area contributed by atoms with Crippen molar-refractivity contribution >= 4 is 0 Å². The summed E-state index contributed by atoms with van der Waals surface area (Å²) >= 11 is 0. The molecule has 0 saturated heterocycles. The molecular formula is C18H20O3. The highest BCUT2D eigenvalue weighted by Crippen LogP contribution is 2.44. The van der Waals surface area contributed by atoms with E-state index in [0.717, 1.165) is 51.8 Å². The zero-order chi connectivity index (χ0) is 15.3. The van der Waals surface area contributed by atoms with Gasteiger partial charge in [0.05, 0.1) is 6.10 Å². The van der Waals surface area contributed by atoms with E-state index in [1.165, 1.54) is 0 Å². The molecule has 1 aliphatic rings. The van der Waals surface area contributed by atoms with Crippen LogP contribution in [0.1, 0.15) is 40.8 Å². The van der Waals surface area contributed by atoms with Crippen LogP contribution in [-0.4, -0.2) is 15.3 Å². The summed E-state index contributed by atoms with van der Waals surface area (Å²) < 4.78 is 0. The SMILES string of the molecule is Cc1c(O)ccc2c1CCc1c(C)c(O)cc(C(C)O)c1-2. The van der Waals surface area contributed by atoms with Crippen molar-refractivity contribution in [2.24, 2.45) is 0 Å². The first-order valence-electron chi connectivity index (χ1n) is 7.27. The molecule has 3 rings (SSSR count). The van der Waals surface area contributed by atoms with Crippen molar-refractivity contribution in [2.75, 3.05) is 0 Å². The van der Waals surface area contributed by atoms with Crippen LogP contribution < -0.4 is 0 Å². The molecule has 0 spiro atoms. The van der Waals surface area contributed by atoms with Gasteiger partial charge < -0.3 is 15.3 Å². The maximum Gasteiger partial charge on any atom is 0.119 e. The normalized spacial score (nSPS) is 14.5. The summed E-state index contributed by atoms with van der Waals surface area (Å²) in [5.41, 5.74) is 6.85. The second-order valence-corrected chi connectivity index (χ2v) is 5.88. The van der Waals surface area contributed by atoms with Crippen LogP contribution in [0.4, 0.5) is 0 Å². The van der Waals surface area contributed by atoms with Crippen LogP contribution in [-0.2, 0) is 12.8 Å². The molecule has 0 aromatic heterocycles. The molecule has 21 heavy (non-hydrogen) atoms. The molecule has 0 saturated carbocycles. The van der Waals surface area contributed by atoms with Crippen molar-refractivity contribution in [3.63, 3.8) is 0 Å². The van der Waals surface area contributed by atoms with Crippen LogP contribution >= 0.6 is 0 Å². The van der Waals surface area contributed by atoms with E-state index in [4.69, 9.17) is 0 Å². The molecule has 1 unspecified atom stereocenters. The van der Waals surface area contributed by atoms with Gasteiger partial charge in [0.1, 0.15) is 11.5 Å². The lowest BCUT2D eigenvalue weighted by Crippen LogP contribution is -2.11. The number of hydrogen-bond donors (Lipinski definition) is 3. The van der Waals surface area contributed by atoms with Gasteiger partial charge in [0.2, 0.25) is 0 Å². The van der Waals surface area contributed by atoms with E-state index in [-0.39, 0.29) is 5.75 Å². The molecule has 110 valence electrons. The molecule has 0 radical (unpaired) electrons. The van der Waals surface area contributed by atoms with Crippen molar-refractivity contribution in [1.82, 2.24) is 0 Å². The third-order valence-electron chi connectivity index (χ3n) is 4.63. The molecule has 3 nitrogen and oxygen atoms in total. The summed E-state index contributed by atoms with van der Waals surface area (Å²) in [6, 6.07) is 5.28. The lowest BCUT2D eigenvalue weighted by Gasteiger charge is -2.27. The highest BCUT2D eigenvalue weighted by Gasteiger charge is 2.26. The van der Waals surface area contributed by atoms with Crippen LogP contribution in [0.5, 0.6) is 11.5 Å². The van der Waals surface area contributed by atoms with Gasteiger partial charge in [-0.1, -0.05) is 6.07 Å². The fourth-order valence-electron chi connectivity index (χ4n) is 3.35. The van der Waals surface area contributed by atoms with E-state index < -0.39 is 6.10 Å². The van der Waals surface area contributed by atoms with Gasteiger partial charge >= 0.3 is 0 Å². The van der Waals surface area contributed by atoms with Gasteiger partial charge in [0.15, 0.2) is 0 Å². The first-order chi connectivity index (χ1) is 9.91. The molecular weight excluding hydrogens is 264 g/mol. The maximum absolute atomic E-state index is 10.1. The smallest absolute Gasteiger partial charge is 0.119 e. The average molecular weight is 284 g/mol. The predicted molar refractivity (Wildman–Crippen MR) is 82.7 cm³/mol. The standard InChI is InChI=1S/C18H20O3/c1-9-12-4-5-13-10(2)17(21)8-15(11(3)19)18(13)14(12)6-7-16(9)20/h6-8,11,19-21H,4-5H2,1-3H3. The van der Waals surface area contributed by atoms with Crippen molar-refractivity contribution in [3.8, 4) is 22.6 Å². The topological polar surface area (TPSA) is 60.7 Å². The number of hydrogen-bond acceptors (Lipinski definition) is 3. The van der Waals surface area contributed by atoms with Crippen molar-refractivity contribution in [1.29, 1.82) is 0 Å². The maximum atomic E-state index is 10.1. The van der Waals surface area contributed by atoms with Gasteiger partial charge in [0.25, 0.3) is 0 Å². The fourth-order valence-corrected chi connectivity index (χ4v) is 3.35. The van der Waals surface area contributed by atoms with Crippen LogP contribution in [0.15, 0.2) is 18.2 Å². The zero-order valence-corrected chi connectivity index (χ0v) is 12.6. The minimum Gasteiger partial charge on any atom is -0.508 e. The van der Waals surface area contributed by atoms with Gasteiger partial charge in [-0.05, 0) is 84.7 Å². The van der Waals surface area contributed by atoms with Crippen LogP contribution in [0.3, 0.4) is 0 Å². The lowest BCUT2D eigenvalue weighted by atomic mass is 9.78. The Bertz CT molecular complexity index is 730. The Kier molecular flexibility index (Phi) is 3.18. The number of benzene rings is 2. The quantitative estimate of drug-likeness (QED) is 0.750. The summed E-state index contributed by atoms with van der Waals surface area (Å²) in [4.78, 5) is 0. The predicted octanol–water partition coefficient (Wildman–Crippen LogP) is 3.53. The lowest BCUT2D eigenvalue weighted by molar-refractivity contribution is 0.199. The van der Waals surface area contributed by atoms with E-state index in [9.17, 15) is 15.3 Å². The second-order valence-electron chi connectivity index (χ2n) is 5.88. The Morgan fingerprint density at radius 3 is 2.24 bits per heavy atom. The van der Waals surface area contributed by atoms with Crippen molar-refractivity contribution < 1.29 is 15.3 Å². The minimum atomic E-state index is -0.648. The highest BCUT2D eigenvalue weighted by molar-refractivity contribution is 5.80. The Hall–Kier alpha value is -2.00. The third kappa shape index (κ3) is 2.00. The molecule has 2 aromatic rings. The van der Waals surface area contributed by atoms with Gasteiger partial charge in [-0.25, -0.2) is 0 Å². The summed E-state index contributed by atoms with van der Waals surface area (Å²) in [5.74, 6) is 0.551. The summed E-state index contributed by atoms with van der Waals surface area (Å²) in [5, 5.41) is 30.1. The summed E-state index contributed by atoms with van der Waals surface area (Å²) in [7, 11) is 0. The number of phenolic OH excluding ortho intramolecular Hbond substituents is 2. The number of phenols is 2. The van der Waals surface area contributed by atoms with E-state index >= 15 is 0 Å². The molecule has 1 aliphatic carbocycles. The molecule has 0 aliphatic heterocycles. The number of aliphatic hydroxyl groups excluding tert-OH is 1. The molecule has 0 heterocycles. The second kappa shape index (κ2) is 4.78. The number of aromatic hydroxyl groups is 2. The number of fused-ring (bicyclic) bond motifs is 3. The highest BCUT2D eigenvalue weighted by atomic mass is 16.3. The number of rotatable bonds is 1. The first-order valence-corrected chi connectivity index (χ1v) is 7.27. The van der Waals surface area contributed by atoms with E-state index in [0.29, 0.717) is 5.75 Å². The van der Waals surface area contributed by atoms with E-state index in [1.54, 1.807) is 19.1 Å². The molecule has 3 heteroatoms. The Morgan fingerprint density at radius 2 is 1.57 bits per heavy atom. The molecule has 2 aromatic carbocycles. The largest absolute Gasteiger partial charge is 0.508 e. The molecule has 3 N–H and O–H groups in total. The molecule has 1 atom stereocenters. The van der Waals surface area contributed by atoms with Gasteiger partial charge in [0, 0.05) is 0 Å². The average Bonchev–Trinajstić information content (AvgIpc) is 2.45. The fraction of sp³-hybridized carbons (Fsp3) is 0.333. The summed E-state index contributed by atoms with van der Waals surface area (Å²) in [6.07, 6.45) is 1.00. The zero-order valence-electron chi connectivity index (χ0n) is 12.6. The molecule has 0 bridgehead atoms. The third-order valence-corrected chi connectivity index (χ3v) is 4.63. The van der Waals surface area contributed by atoms with Crippen molar-refractivity contribution in [3.05, 3.63) is 46.0 Å². The van der Waals surface area contributed by atoms with Gasteiger partial charge in [-0.2, -0.15) is 0 Å². The molecule has 0 amide bonds. The monoisotopic (exact) mass is 284 g/mol. The van der Waals surface area contributed by atoms with E-state index in [1.807, 2.05) is 19.9 Å². The van der Waals surface area contributed by atoms with Gasteiger partial charge in [-0.3, -0.25) is 0 Å². The Balaban J connectivity index is 2.38. The van der Waals surface area contributed by atoms with Crippen LogP contribution in [0, 0.1) is 13.8 Å². The summed E-state index contributed by atoms with van der Waals surface area (Å²) in [6.45, 7) is 5.55. The first kappa shape index (κ1) is 14.0. The van der Waals surface area contributed by atoms with E-state index in [2.05, 4.69) is 0 Å².